The number of aryl methyl sites for hydroxylation is 1. The molecule has 2 aromatic carbocycles. The number of anilines is 2. The van der Waals surface area contributed by atoms with Gasteiger partial charge in [0.25, 0.3) is 5.91 Å². The molecule has 2 unspecified atom stereocenters. The lowest BCUT2D eigenvalue weighted by Crippen LogP contribution is -2.48. The molecule has 4 aliphatic rings. The van der Waals surface area contributed by atoms with Crippen LogP contribution < -0.4 is 15.5 Å². The van der Waals surface area contributed by atoms with Crippen LogP contribution in [0.1, 0.15) is 40.4 Å². The minimum Gasteiger partial charge on any atom is -0.363 e. The third-order valence-corrected chi connectivity index (χ3v) is 7.95. The smallest absolute Gasteiger partial charge is 0.324 e. The molecule has 4 amide bonds. The Hall–Kier alpha value is -3.88. The average Bonchev–Trinajstić information content (AvgIpc) is 3.48. The Morgan fingerprint density at radius 2 is 1.88 bits per heavy atom. The van der Waals surface area contributed by atoms with E-state index in [0.29, 0.717) is 25.8 Å². The number of nitrogens with one attached hydrogen (secondary N) is 3. The molecular weight excluding hydrogens is 432 g/mol. The molecule has 0 radical (unpaired) electrons. The molecule has 34 heavy (non-hydrogen) atoms. The molecule has 9 nitrogen and oxygen atoms in total. The summed E-state index contributed by atoms with van der Waals surface area (Å²) in [5.74, 6) is 0.930. The molecule has 1 saturated heterocycles. The van der Waals surface area contributed by atoms with Gasteiger partial charge in [-0.1, -0.05) is 0 Å². The topological polar surface area (TPSA) is 110 Å². The number of urea groups is 1. The van der Waals surface area contributed by atoms with E-state index in [9.17, 15) is 14.4 Å². The predicted octanol–water partition coefficient (Wildman–Crippen LogP) is 2.34. The van der Waals surface area contributed by atoms with Crippen molar-refractivity contribution in [3.8, 4) is 0 Å². The molecule has 4 heterocycles. The molecule has 1 aliphatic carbocycles. The van der Waals surface area contributed by atoms with Crippen LogP contribution in [0.3, 0.4) is 0 Å². The lowest BCUT2D eigenvalue weighted by Gasteiger charge is -2.27. The number of carbonyl (C=O) groups is 3. The van der Waals surface area contributed by atoms with Crippen molar-refractivity contribution in [2.24, 2.45) is 0 Å². The highest BCUT2D eigenvalue weighted by Gasteiger charge is 2.54. The van der Waals surface area contributed by atoms with E-state index in [4.69, 9.17) is 4.98 Å². The minimum atomic E-state index is -0.831. The second-order valence-electron chi connectivity index (χ2n) is 10.1. The van der Waals surface area contributed by atoms with E-state index in [2.05, 4.69) is 38.7 Å². The summed E-state index contributed by atoms with van der Waals surface area (Å²) < 4.78 is 0. The Labute approximate surface area is 195 Å². The van der Waals surface area contributed by atoms with Gasteiger partial charge in [-0.15, -0.1) is 0 Å². The van der Waals surface area contributed by atoms with Gasteiger partial charge in [0.05, 0.1) is 17.6 Å². The Morgan fingerprint density at radius 3 is 2.65 bits per heavy atom. The molecule has 3 aliphatic heterocycles. The van der Waals surface area contributed by atoms with Crippen molar-refractivity contribution in [3.63, 3.8) is 0 Å². The molecule has 3 aromatic rings. The minimum absolute atomic E-state index is 0.0789. The van der Waals surface area contributed by atoms with Crippen LogP contribution in [0.2, 0.25) is 0 Å². The second-order valence-corrected chi connectivity index (χ2v) is 10.1. The number of amides is 4. The number of fused-ring (bicyclic) bond motifs is 2. The fraction of sp³-hybridized carbons (Fsp3) is 0.360. The number of imidazole rings is 1. The highest BCUT2D eigenvalue weighted by atomic mass is 16.2. The number of aromatic nitrogens is 2. The molecule has 0 bridgehead atoms. The molecule has 1 fully saturated rings. The second kappa shape index (κ2) is 6.37. The van der Waals surface area contributed by atoms with Crippen LogP contribution in [-0.2, 0) is 29.0 Å². The fourth-order valence-corrected chi connectivity index (χ4v) is 6.29. The number of H-pyrrole nitrogens is 1. The number of likely N-dealkylation sites (N-methyl/N-ethyl adjacent to an activating group) is 1. The van der Waals surface area contributed by atoms with Crippen LogP contribution in [0.15, 0.2) is 24.3 Å². The van der Waals surface area contributed by atoms with Gasteiger partial charge in [-0.3, -0.25) is 14.9 Å². The summed E-state index contributed by atoms with van der Waals surface area (Å²) in [6.45, 7) is 3.47. The van der Waals surface area contributed by atoms with Crippen LogP contribution in [0, 0.1) is 6.92 Å². The molecule has 2 atom stereocenters. The van der Waals surface area contributed by atoms with Crippen LogP contribution in [0.4, 0.5) is 16.2 Å². The summed E-state index contributed by atoms with van der Waals surface area (Å²) in [5.41, 5.74) is 7.56. The van der Waals surface area contributed by atoms with Gasteiger partial charge in [0.2, 0.25) is 5.91 Å². The summed E-state index contributed by atoms with van der Waals surface area (Å²) in [5, 5.41) is 5.47. The number of imide groups is 1. The van der Waals surface area contributed by atoms with Crippen molar-refractivity contribution in [3.05, 3.63) is 52.3 Å². The third kappa shape index (κ3) is 2.55. The van der Waals surface area contributed by atoms with E-state index >= 15 is 0 Å². The number of hydrogen-bond acceptors (Lipinski definition) is 5. The first-order valence-electron chi connectivity index (χ1n) is 11.6. The van der Waals surface area contributed by atoms with Gasteiger partial charge in [0, 0.05) is 55.7 Å². The first-order chi connectivity index (χ1) is 16.3. The highest BCUT2D eigenvalue weighted by Crippen LogP contribution is 2.46. The maximum Gasteiger partial charge on any atom is 0.324 e. The Morgan fingerprint density at radius 1 is 1.09 bits per heavy atom. The zero-order chi connectivity index (χ0) is 23.4. The zero-order valence-corrected chi connectivity index (χ0v) is 19.0. The Kier molecular flexibility index (Phi) is 3.67. The normalized spacial score (nSPS) is 21.9. The lowest BCUT2D eigenvalue weighted by molar-refractivity contribution is -0.125. The summed E-state index contributed by atoms with van der Waals surface area (Å²) >= 11 is 0. The average molecular weight is 457 g/mol. The van der Waals surface area contributed by atoms with Gasteiger partial charge in [-0.2, -0.15) is 0 Å². The standard InChI is InChI=1S/C25H24N6O3/c1-12-3-18-22-15(7-21(32)28-18)10-31(19(22)4-12)11-20-26-16-5-13-8-25(9-14(13)6-17(16)27-20)23(33)29-24(34)30(25)2/h3-6,15H,7-11H2,1-2H3,(H,26,27)(H,28,32)(H,29,33,34). The quantitative estimate of drug-likeness (QED) is 0.513. The number of nitrogens with zero attached hydrogens (tertiary/aromatic N) is 3. The molecule has 0 saturated carbocycles. The molecule has 1 spiro atoms. The van der Waals surface area contributed by atoms with Crippen molar-refractivity contribution in [1.82, 2.24) is 20.2 Å². The predicted molar refractivity (Wildman–Crippen MR) is 126 cm³/mol. The van der Waals surface area contributed by atoms with Gasteiger partial charge in [0.1, 0.15) is 11.4 Å². The lowest BCUT2D eigenvalue weighted by atomic mass is 9.91. The van der Waals surface area contributed by atoms with E-state index in [0.717, 1.165) is 45.8 Å². The van der Waals surface area contributed by atoms with E-state index < -0.39 is 5.54 Å². The van der Waals surface area contributed by atoms with E-state index in [1.54, 1.807) is 7.05 Å². The van der Waals surface area contributed by atoms with Gasteiger partial charge in [0.15, 0.2) is 0 Å². The molecule has 3 N–H and O–H groups in total. The van der Waals surface area contributed by atoms with E-state index in [-0.39, 0.29) is 23.8 Å². The van der Waals surface area contributed by atoms with Crippen molar-refractivity contribution in [2.45, 2.75) is 44.2 Å². The number of carbonyl (C=O) groups excluding carboxylic acids is 3. The van der Waals surface area contributed by atoms with Crippen LogP contribution >= 0.6 is 0 Å². The third-order valence-electron chi connectivity index (χ3n) is 7.95. The van der Waals surface area contributed by atoms with Crippen LogP contribution in [0.5, 0.6) is 0 Å². The zero-order valence-electron chi connectivity index (χ0n) is 19.0. The monoisotopic (exact) mass is 456 g/mol. The van der Waals surface area contributed by atoms with Gasteiger partial charge >= 0.3 is 6.03 Å². The summed E-state index contributed by atoms with van der Waals surface area (Å²) in [4.78, 5) is 48.9. The first-order valence-corrected chi connectivity index (χ1v) is 11.6. The summed E-state index contributed by atoms with van der Waals surface area (Å²) in [6, 6.07) is 8.02. The SMILES string of the molecule is Cc1cc2c3c(c1)N(Cc1nc4cc5c(cc4[nH]1)CC1(C5)C(=O)NC(=O)N1C)CC3CC(=O)N2. The summed E-state index contributed by atoms with van der Waals surface area (Å²) in [7, 11) is 1.68. The Balaban J connectivity index is 1.19. The van der Waals surface area contributed by atoms with E-state index in [1.165, 1.54) is 16.2 Å². The summed E-state index contributed by atoms with van der Waals surface area (Å²) in [6.07, 6.45) is 1.52. The van der Waals surface area contributed by atoms with E-state index in [1.807, 2.05) is 13.0 Å². The molecule has 9 heteroatoms. The van der Waals surface area contributed by atoms with Crippen molar-refractivity contribution >= 4 is 40.3 Å². The van der Waals surface area contributed by atoms with Crippen molar-refractivity contribution in [1.29, 1.82) is 0 Å². The number of hydrogen-bond donors (Lipinski definition) is 3. The maximum atomic E-state index is 12.6. The molecule has 7 rings (SSSR count). The maximum absolute atomic E-state index is 12.6. The highest BCUT2D eigenvalue weighted by molar-refractivity contribution is 6.08. The van der Waals surface area contributed by atoms with Crippen LogP contribution in [-0.4, -0.2) is 51.8 Å². The van der Waals surface area contributed by atoms with Gasteiger partial charge in [-0.05, 0) is 47.9 Å². The first kappa shape index (κ1) is 19.6. The van der Waals surface area contributed by atoms with Crippen molar-refractivity contribution < 1.29 is 14.4 Å². The van der Waals surface area contributed by atoms with Gasteiger partial charge in [-0.25, -0.2) is 9.78 Å². The molecular formula is C25H24N6O3. The number of rotatable bonds is 2. The van der Waals surface area contributed by atoms with Crippen molar-refractivity contribution in [2.75, 3.05) is 23.8 Å². The number of aromatic amines is 1. The largest absolute Gasteiger partial charge is 0.363 e. The fourth-order valence-electron chi connectivity index (χ4n) is 6.29. The molecule has 172 valence electrons. The van der Waals surface area contributed by atoms with Gasteiger partial charge < -0.3 is 20.1 Å². The Bertz CT molecular complexity index is 1410. The van der Waals surface area contributed by atoms with Crippen LogP contribution in [0.25, 0.3) is 11.0 Å². The number of benzene rings is 2. The molecule has 1 aromatic heterocycles.